The molecule has 0 aliphatic carbocycles. The molecule has 1 aliphatic heterocycles. The molecule has 3 heterocycles. The van der Waals surface area contributed by atoms with E-state index in [0.29, 0.717) is 24.6 Å². The van der Waals surface area contributed by atoms with Gasteiger partial charge in [0.05, 0.1) is 30.7 Å². The molecule has 4 nitrogen and oxygen atoms in total. The van der Waals surface area contributed by atoms with Gasteiger partial charge in [-0.1, -0.05) is 0 Å². The number of rotatable bonds is 2. The lowest BCUT2D eigenvalue weighted by atomic mass is 9.96. The first-order valence-electron chi connectivity index (χ1n) is 6.56. The van der Waals surface area contributed by atoms with Crippen molar-refractivity contribution >= 4 is 17.9 Å². The molecule has 20 heavy (non-hydrogen) atoms. The van der Waals surface area contributed by atoms with Crippen molar-refractivity contribution in [3.63, 3.8) is 0 Å². The second-order valence-corrected chi connectivity index (χ2v) is 5.01. The highest BCUT2D eigenvalue weighted by molar-refractivity contribution is 6.13. The van der Waals surface area contributed by atoms with Crippen molar-refractivity contribution in [3.05, 3.63) is 59.5 Å². The van der Waals surface area contributed by atoms with Crippen LogP contribution in [0.1, 0.15) is 11.5 Å². The molecule has 0 spiro atoms. The van der Waals surface area contributed by atoms with E-state index in [1.54, 1.807) is 12.5 Å². The number of likely N-dealkylation sites (N-methyl/N-ethyl adjacent to an activating group) is 1. The summed E-state index contributed by atoms with van der Waals surface area (Å²) in [7, 11) is 2.07. The summed E-state index contributed by atoms with van der Waals surface area (Å²) in [6, 6.07) is 7.33. The number of Topliss-reactive ketones (excluding diaryl/α,β-unsaturated/α-hetero) is 1. The van der Waals surface area contributed by atoms with Gasteiger partial charge >= 0.3 is 0 Å². The third-order valence-corrected chi connectivity index (χ3v) is 3.29. The minimum atomic E-state index is 0.0726. The predicted octanol–water partition coefficient (Wildman–Crippen LogP) is 1.44. The molecule has 1 saturated heterocycles. The molecule has 0 saturated carbocycles. The third kappa shape index (κ3) is 2.65. The van der Waals surface area contributed by atoms with Crippen LogP contribution in [0.15, 0.2) is 56.8 Å². The van der Waals surface area contributed by atoms with Crippen LogP contribution in [0, 0.1) is 0 Å². The lowest BCUT2D eigenvalue weighted by Gasteiger charge is -2.22. The Balaban J connectivity index is 1.92. The van der Waals surface area contributed by atoms with Crippen LogP contribution >= 0.6 is 0 Å². The van der Waals surface area contributed by atoms with Gasteiger partial charge in [-0.2, -0.15) is 0 Å². The Bertz CT molecular complexity index is 592. The molecule has 3 rings (SSSR count). The fraction of sp³-hybridized carbons (Fsp3) is 0.188. The van der Waals surface area contributed by atoms with Crippen LogP contribution in [-0.4, -0.2) is 25.9 Å². The molecule has 0 radical (unpaired) electrons. The Morgan fingerprint density at radius 3 is 1.90 bits per heavy atom. The number of hydrogen-bond donors (Lipinski definition) is 1. The van der Waals surface area contributed by atoms with Crippen LogP contribution in [0.5, 0.6) is 0 Å². The fourth-order valence-electron chi connectivity index (χ4n) is 2.40. The summed E-state index contributed by atoms with van der Waals surface area (Å²) in [5, 5.41) is 0. The maximum absolute atomic E-state index is 12.5. The quantitative estimate of drug-likeness (QED) is 0.840. The van der Waals surface area contributed by atoms with Gasteiger partial charge in [-0.25, -0.2) is 0 Å². The molecule has 1 aliphatic rings. The normalized spacial score (nSPS) is 23.6. The van der Waals surface area contributed by atoms with Crippen LogP contribution in [-0.2, 0) is 4.79 Å². The van der Waals surface area contributed by atoms with Crippen LogP contribution in [0.2, 0.25) is 0 Å². The number of nitrogens with one attached hydrogen (secondary N) is 1. The van der Waals surface area contributed by atoms with Gasteiger partial charge in [-0.05, 0) is 36.4 Å². The minimum Gasteiger partial charge on any atom is -0.465 e. The Morgan fingerprint density at radius 1 is 1.00 bits per heavy atom. The molecule has 2 aromatic rings. The predicted molar refractivity (Wildman–Crippen MR) is 75.0 cm³/mol. The van der Waals surface area contributed by atoms with Crippen molar-refractivity contribution in [1.29, 1.82) is 0 Å². The number of furan rings is 2. The zero-order valence-electron chi connectivity index (χ0n) is 11.3. The number of hydrogen-bond acceptors (Lipinski definition) is 3. The zero-order chi connectivity index (χ0) is 13.9. The van der Waals surface area contributed by atoms with Gasteiger partial charge in [0.1, 0.15) is 24.6 Å². The molecule has 1 atom stereocenters. The number of piperidine rings is 1. The molecule has 102 valence electrons. The van der Waals surface area contributed by atoms with E-state index in [4.69, 9.17) is 8.83 Å². The van der Waals surface area contributed by atoms with E-state index >= 15 is 0 Å². The van der Waals surface area contributed by atoms with Crippen LogP contribution in [0.3, 0.4) is 0 Å². The Morgan fingerprint density at radius 2 is 1.50 bits per heavy atom. The van der Waals surface area contributed by atoms with E-state index < -0.39 is 0 Å². The van der Waals surface area contributed by atoms with Crippen LogP contribution < -0.4 is 4.90 Å². The maximum atomic E-state index is 12.5. The Labute approximate surface area is 117 Å². The summed E-state index contributed by atoms with van der Waals surface area (Å²) < 4.78 is 10.6. The van der Waals surface area contributed by atoms with E-state index in [9.17, 15) is 4.79 Å². The van der Waals surface area contributed by atoms with Crippen molar-refractivity contribution in [3.8, 4) is 0 Å². The second kappa shape index (κ2) is 5.35. The third-order valence-electron chi connectivity index (χ3n) is 3.29. The van der Waals surface area contributed by atoms with Crippen molar-refractivity contribution in [1.82, 2.24) is 0 Å². The van der Waals surface area contributed by atoms with E-state index in [0.717, 1.165) is 11.1 Å². The number of carbonyl (C=O) groups excluding carboxylic acids is 1. The Hall–Kier alpha value is -2.33. The van der Waals surface area contributed by atoms with Gasteiger partial charge in [-0.3, -0.25) is 4.79 Å². The topological polar surface area (TPSA) is 47.8 Å². The van der Waals surface area contributed by atoms with E-state index in [1.807, 2.05) is 36.4 Å². The molecular formula is C16H16NO3+. The molecule has 1 N–H and O–H groups in total. The first kappa shape index (κ1) is 12.7. The molecule has 2 aromatic heterocycles. The van der Waals surface area contributed by atoms with E-state index in [-0.39, 0.29) is 5.78 Å². The van der Waals surface area contributed by atoms with E-state index in [1.165, 1.54) is 4.90 Å². The van der Waals surface area contributed by atoms with Gasteiger partial charge < -0.3 is 13.7 Å². The summed E-state index contributed by atoms with van der Waals surface area (Å²) in [4.78, 5) is 13.8. The minimum absolute atomic E-state index is 0.0726. The summed E-state index contributed by atoms with van der Waals surface area (Å²) in [6.45, 7) is 1.41. The molecule has 1 fully saturated rings. The lowest BCUT2D eigenvalue weighted by molar-refractivity contribution is -0.870. The maximum Gasteiger partial charge on any atom is 0.196 e. The van der Waals surface area contributed by atoms with Gasteiger partial charge in [0.25, 0.3) is 0 Å². The lowest BCUT2D eigenvalue weighted by Crippen LogP contribution is -3.10. The molecule has 0 aromatic carbocycles. The largest absolute Gasteiger partial charge is 0.465 e. The zero-order valence-corrected chi connectivity index (χ0v) is 11.3. The van der Waals surface area contributed by atoms with Gasteiger partial charge in [-0.15, -0.1) is 0 Å². The molecule has 4 heteroatoms. The summed E-state index contributed by atoms with van der Waals surface area (Å²) in [5.74, 6) is 1.49. The van der Waals surface area contributed by atoms with Gasteiger partial charge in [0.2, 0.25) is 0 Å². The van der Waals surface area contributed by atoms with Crippen molar-refractivity contribution < 1.29 is 18.5 Å². The smallest absolute Gasteiger partial charge is 0.196 e. The molecule has 0 bridgehead atoms. The monoisotopic (exact) mass is 270 g/mol. The van der Waals surface area contributed by atoms with Crippen LogP contribution in [0.4, 0.5) is 0 Å². The Kier molecular flexibility index (Phi) is 3.39. The first-order valence-corrected chi connectivity index (χ1v) is 6.56. The highest BCUT2D eigenvalue weighted by Crippen LogP contribution is 2.16. The number of likely N-dealkylation sites (tertiary alicyclic amines) is 1. The summed E-state index contributed by atoms with van der Waals surface area (Å²) in [5.41, 5.74) is 1.53. The van der Waals surface area contributed by atoms with Crippen molar-refractivity contribution in [2.45, 2.75) is 0 Å². The average Bonchev–Trinajstić information content (AvgIpc) is 3.08. The summed E-state index contributed by atoms with van der Waals surface area (Å²) >= 11 is 0. The first-order chi connectivity index (χ1) is 9.72. The van der Waals surface area contributed by atoms with E-state index in [2.05, 4.69) is 7.05 Å². The number of carbonyl (C=O) groups is 1. The SMILES string of the molecule is C[NH+]1C/C(=C/c2ccco2)C(=O)/C(=C/c2ccco2)C1. The standard InChI is InChI=1S/C16H15NO3/c1-17-10-12(8-14-4-2-6-19-14)16(18)13(11-17)9-15-5-3-7-20-15/h2-9H,10-11H2,1H3/p+1/b12-8-,13-9+. The highest BCUT2D eigenvalue weighted by Gasteiger charge is 2.27. The number of ketones is 1. The fourth-order valence-corrected chi connectivity index (χ4v) is 2.40. The van der Waals surface area contributed by atoms with Crippen molar-refractivity contribution in [2.24, 2.45) is 0 Å². The van der Waals surface area contributed by atoms with Gasteiger partial charge in [0, 0.05) is 0 Å². The summed E-state index contributed by atoms with van der Waals surface area (Å²) in [6.07, 6.45) is 6.85. The highest BCUT2D eigenvalue weighted by atomic mass is 16.3. The van der Waals surface area contributed by atoms with Gasteiger partial charge in [0.15, 0.2) is 5.78 Å². The van der Waals surface area contributed by atoms with Crippen molar-refractivity contribution in [2.75, 3.05) is 20.1 Å². The molecule has 1 unspecified atom stereocenters. The second-order valence-electron chi connectivity index (χ2n) is 5.01. The molecular weight excluding hydrogens is 254 g/mol. The molecule has 0 amide bonds. The number of quaternary nitrogens is 1. The average molecular weight is 270 g/mol. The van der Waals surface area contributed by atoms with Crippen LogP contribution in [0.25, 0.3) is 12.2 Å².